The Hall–Kier alpha value is -2.17. The molecule has 1 saturated heterocycles. The van der Waals surface area contributed by atoms with E-state index in [1.54, 1.807) is 0 Å². The van der Waals surface area contributed by atoms with Gasteiger partial charge in [0, 0.05) is 31.4 Å². The van der Waals surface area contributed by atoms with E-state index in [4.69, 9.17) is 0 Å². The van der Waals surface area contributed by atoms with Crippen molar-refractivity contribution < 1.29 is 9.90 Å². The van der Waals surface area contributed by atoms with Crippen LogP contribution in [0.2, 0.25) is 0 Å². The number of aliphatic hydroxyl groups is 1. The Morgan fingerprint density at radius 3 is 2.56 bits per heavy atom. The zero-order valence-electron chi connectivity index (χ0n) is 16.2. The molecule has 1 heterocycles. The molecule has 0 aliphatic carbocycles. The molecule has 4 nitrogen and oxygen atoms in total. The number of amides is 1. The first-order chi connectivity index (χ1) is 13.2. The standard InChI is InChI=1S/C23H30N2O2/c1-2-3-12-22-17-25(23(27)18-24(22)14-8-15-26)21-13-7-11-20(16-21)19-9-5-4-6-10-19/h4-7,9-11,13,16,22,26H,2-3,8,12,14-15,17-18H2,1H3/t22-/m0/s1. The molecule has 1 amide bonds. The molecule has 2 aromatic rings. The average Bonchev–Trinajstić information content (AvgIpc) is 2.72. The summed E-state index contributed by atoms with van der Waals surface area (Å²) in [5.74, 6) is 0.144. The predicted molar refractivity (Wildman–Crippen MR) is 111 cm³/mol. The molecule has 0 spiro atoms. The zero-order valence-corrected chi connectivity index (χ0v) is 16.2. The van der Waals surface area contributed by atoms with Gasteiger partial charge in [0.15, 0.2) is 0 Å². The van der Waals surface area contributed by atoms with Gasteiger partial charge in [0.2, 0.25) is 5.91 Å². The maximum atomic E-state index is 12.9. The molecule has 1 N–H and O–H groups in total. The lowest BCUT2D eigenvalue weighted by atomic mass is 10.0. The van der Waals surface area contributed by atoms with Crippen LogP contribution in [-0.2, 0) is 4.79 Å². The molecule has 0 saturated carbocycles. The van der Waals surface area contributed by atoms with E-state index in [9.17, 15) is 9.90 Å². The molecule has 3 rings (SSSR count). The van der Waals surface area contributed by atoms with Crippen molar-refractivity contribution in [2.45, 2.75) is 38.6 Å². The first-order valence-electron chi connectivity index (χ1n) is 10.0. The number of anilines is 1. The van der Waals surface area contributed by atoms with Crippen LogP contribution in [0.3, 0.4) is 0 Å². The smallest absolute Gasteiger partial charge is 0.241 e. The van der Waals surface area contributed by atoms with Gasteiger partial charge in [-0.25, -0.2) is 0 Å². The van der Waals surface area contributed by atoms with E-state index in [0.717, 1.165) is 55.6 Å². The third kappa shape index (κ3) is 4.96. The highest BCUT2D eigenvalue weighted by Gasteiger charge is 2.32. The molecule has 0 unspecified atom stereocenters. The summed E-state index contributed by atoms with van der Waals surface area (Å²) in [5, 5.41) is 9.17. The molecule has 0 bridgehead atoms. The first kappa shape index (κ1) is 19.6. The SMILES string of the molecule is CCCC[C@H]1CN(c2cccc(-c3ccccc3)c2)C(=O)CN1CCCO. The lowest BCUT2D eigenvalue weighted by Gasteiger charge is -2.41. The summed E-state index contributed by atoms with van der Waals surface area (Å²) < 4.78 is 0. The van der Waals surface area contributed by atoms with Crippen molar-refractivity contribution >= 4 is 11.6 Å². The number of benzene rings is 2. The summed E-state index contributed by atoms with van der Waals surface area (Å²) >= 11 is 0. The zero-order chi connectivity index (χ0) is 19.1. The third-order valence-corrected chi connectivity index (χ3v) is 5.31. The molecule has 4 heteroatoms. The monoisotopic (exact) mass is 366 g/mol. The molecular weight excluding hydrogens is 336 g/mol. The van der Waals surface area contributed by atoms with Crippen molar-refractivity contribution in [1.82, 2.24) is 4.90 Å². The fourth-order valence-electron chi connectivity index (χ4n) is 3.80. The number of unbranched alkanes of at least 4 members (excludes halogenated alkanes) is 1. The van der Waals surface area contributed by atoms with Gasteiger partial charge in [0.05, 0.1) is 6.54 Å². The highest BCUT2D eigenvalue weighted by atomic mass is 16.3. The molecule has 1 aliphatic rings. The maximum absolute atomic E-state index is 12.9. The Morgan fingerprint density at radius 2 is 1.81 bits per heavy atom. The lowest BCUT2D eigenvalue weighted by Crippen LogP contribution is -2.56. The number of hydrogen-bond donors (Lipinski definition) is 1. The molecule has 144 valence electrons. The van der Waals surface area contributed by atoms with Crippen LogP contribution in [0, 0.1) is 0 Å². The van der Waals surface area contributed by atoms with Crippen LogP contribution in [0.1, 0.15) is 32.6 Å². The Bertz CT molecular complexity index is 732. The highest BCUT2D eigenvalue weighted by Crippen LogP contribution is 2.27. The maximum Gasteiger partial charge on any atom is 0.241 e. The summed E-state index contributed by atoms with van der Waals surface area (Å²) in [6, 6.07) is 18.9. The van der Waals surface area contributed by atoms with Crippen molar-refractivity contribution in [2.24, 2.45) is 0 Å². The molecule has 1 aliphatic heterocycles. The van der Waals surface area contributed by atoms with Gasteiger partial charge in [-0.05, 0) is 36.1 Å². The quantitative estimate of drug-likeness (QED) is 0.769. The van der Waals surface area contributed by atoms with Crippen LogP contribution < -0.4 is 4.90 Å². The van der Waals surface area contributed by atoms with Crippen molar-refractivity contribution in [3.63, 3.8) is 0 Å². The number of rotatable bonds is 8. The van der Waals surface area contributed by atoms with E-state index in [0.29, 0.717) is 12.6 Å². The summed E-state index contributed by atoms with van der Waals surface area (Å²) in [6.45, 7) is 4.32. The van der Waals surface area contributed by atoms with Crippen LogP contribution in [0.5, 0.6) is 0 Å². The number of aliphatic hydroxyl groups excluding tert-OH is 1. The molecule has 27 heavy (non-hydrogen) atoms. The minimum atomic E-state index is 0.144. The fourth-order valence-corrected chi connectivity index (χ4v) is 3.80. The van der Waals surface area contributed by atoms with Gasteiger partial charge in [0.25, 0.3) is 0 Å². The van der Waals surface area contributed by atoms with Crippen LogP contribution in [-0.4, -0.2) is 48.2 Å². The number of hydrogen-bond acceptors (Lipinski definition) is 3. The van der Waals surface area contributed by atoms with Crippen LogP contribution in [0.4, 0.5) is 5.69 Å². The van der Waals surface area contributed by atoms with Gasteiger partial charge in [-0.2, -0.15) is 0 Å². The summed E-state index contributed by atoms with van der Waals surface area (Å²) in [4.78, 5) is 17.1. The summed E-state index contributed by atoms with van der Waals surface area (Å²) in [5.41, 5.74) is 3.27. The largest absolute Gasteiger partial charge is 0.396 e. The number of piperazine rings is 1. The van der Waals surface area contributed by atoms with Crippen molar-refractivity contribution in [3.8, 4) is 11.1 Å². The predicted octanol–water partition coefficient (Wildman–Crippen LogP) is 3.94. The van der Waals surface area contributed by atoms with Crippen molar-refractivity contribution in [3.05, 3.63) is 54.6 Å². The lowest BCUT2D eigenvalue weighted by molar-refractivity contribution is -0.122. The summed E-state index contributed by atoms with van der Waals surface area (Å²) in [7, 11) is 0. The van der Waals surface area contributed by atoms with Gasteiger partial charge < -0.3 is 10.0 Å². The van der Waals surface area contributed by atoms with E-state index in [1.807, 2.05) is 35.2 Å². The number of carbonyl (C=O) groups excluding carboxylic acids is 1. The van der Waals surface area contributed by atoms with Crippen LogP contribution in [0.25, 0.3) is 11.1 Å². The Balaban J connectivity index is 1.80. The molecular formula is C23H30N2O2. The van der Waals surface area contributed by atoms with E-state index < -0.39 is 0 Å². The highest BCUT2D eigenvalue weighted by molar-refractivity contribution is 5.96. The van der Waals surface area contributed by atoms with Crippen LogP contribution in [0.15, 0.2) is 54.6 Å². The molecule has 0 radical (unpaired) electrons. The second kappa shape index (κ2) is 9.67. The van der Waals surface area contributed by atoms with Gasteiger partial charge in [0.1, 0.15) is 0 Å². The van der Waals surface area contributed by atoms with Gasteiger partial charge >= 0.3 is 0 Å². The van der Waals surface area contributed by atoms with E-state index in [-0.39, 0.29) is 12.5 Å². The summed E-state index contributed by atoms with van der Waals surface area (Å²) in [6.07, 6.45) is 4.12. The topological polar surface area (TPSA) is 43.8 Å². The Kier molecular flexibility index (Phi) is 7.02. The Labute approximate surface area is 162 Å². The average molecular weight is 367 g/mol. The normalized spacial score (nSPS) is 18.1. The second-order valence-electron chi connectivity index (χ2n) is 7.26. The minimum Gasteiger partial charge on any atom is -0.396 e. The Morgan fingerprint density at radius 1 is 1.04 bits per heavy atom. The van der Waals surface area contributed by atoms with Gasteiger partial charge in [-0.15, -0.1) is 0 Å². The molecule has 0 aromatic heterocycles. The number of carbonyl (C=O) groups is 1. The van der Waals surface area contributed by atoms with Crippen molar-refractivity contribution in [2.75, 3.05) is 31.1 Å². The number of nitrogens with zero attached hydrogens (tertiary/aromatic N) is 2. The first-order valence-corrected chi connectivity index (χ1v) is 10.0. The van der Waals surface area contributed by atoms with Gasteiger partial charge in [-0.1, -0.05) is 62.2 Å². The van der Waals surface area contributed by atoms with Crippen LogP contribution >= 0.6 is 0 Å². The third-order valence-electron chi connectivity index (χ3n) is 5.31. The fraction of sp³-hybridized carbons (Fsp3) is 0.435. The molecule has 1 fully saturated rings. The molecule has 1 atom stereocenters. The van der Waals surface area contributed by atoms with E-state index >= 15 is 0 Å². The molecule has 2 aromatic carbocycles. The minimum absolute atomic E-state index is 0.144. The van der Waals surface area contributed by atoms with Crippen molar-refractivity contribution in [1.29, 1.82) is 0 Å². The second-order valence-corrected chi connectivity index (χ2v) is 7.26. The van der Waals surface area contributed by atoms with E-state index in [1.165, 1.54) is 0 Å². The van der Waals surface area contributed by atoms with Gasteiger partial charge in [-0.3, -0.25) is 9.69 Å². The van der Waals surface area contributed by atoms with E-state index in [2.05, 4.69) is 36.1 Å².